The predicted molar refractivity (Wildman–Crippen MR) is 60.9 cm³/mol. The summed E-state index contributed by atoms with van der Waals surface area (Å²) in [4.78, 5) is 0. The van der Waals surface area contributed by atoms with Gasteiger partial charge in [-0.1, -0.05) is 12.0 Å². The number of nitrogens with one attached hydrogen (secondary N) is 1. The second-order valence-electron chi connectivity index (χ2n) is 3.76. The first-order valence-electron chi connectivity index (χ1n) is 5.32. The predicted octanol–water partition coefficient (Wildman–Crippen LogP) is 1.80. The van der Waals surface area contributed by atoms with Gasteiger partial charge in [0.2, 0.25) is 0 Å². The highest BCUT2D eigenvalue weighted by molar-refractivity contribution is 5.38. The summed E-state index contributed by atoms with van der Waals surface area (Å²) in [6.07, 6.45) is 7.92. The molecule has 1 fully saturated rings. The van der Waals surface area contributed by atoms with E-state index >= 15 is 0 Å². The van der Waals surface area contributed by atoms with Gasteiger partial charge in [-0.05, 0) is 37.6 Å². The monoisotopic (exact) mass is 201 g/mol. The first kappa shape index (κ1) is 10.1. The van der Waals surface area contributed by atoms with Gasteiger partial charge in [-0.25, -0.2) is 0 Å². The Morgan fingerprint density at radius 2 is 2.40 bits per heavy atom. The number of rotatable bonds is 2. The van der Waals surface area contributed by atoms with E-state index in [0.29, 0.717) is 0 Å². The minimum atomic E-state index is 0.284. The van der Waals surface area contributed by atoms with Gasteiger partial charge in [-0.3, -0.25) is 0 Å². The normalized spacial score (nSPS) is 20.6. The van der Waals surface area contributed by atoms with Gasteiger partial charge in [0.05, 0.1) is 0 Å². The van der Waals surface area contributed by atoms with Crippen LogP contribution in [0.5, 0.6) is 5.75 Å². The fourth-order valence-electron chi connectivity index (χ4n) is 1.77. The molecule has 15 heavy (non-hydrogen) atoms. The maximum Gasteiger partial charge on any atom is 0.121 e. The number of hydrogen-bond donors (Lipinski definition) is 1. The van der Waals surface area contributed by atoms with Crippen molar-refractivity contribution in [2.75, 3.05) is 13.1 Å². The number of hydrogen-bond acceptors (Lipinski definition) is 2. The second kappa shape index (κ2) is 4.86. The molecule has 0 spiro atoms. The van der Waals surface area contributed by atoms with Gasteiger partial charge in [-0.2, -0.15) is 0 Å². The Labute approximate surface area is 90.6 Å². The molecule has 0 aliphatic carbocycles. The molecule has 1 N–H and O–H groups in total. The number of ether oxygens (including phenoxy) is 1. The van der Waals surface area contributed by atoms with Crippen molar-refractivity contribution in [1.29, 1.82) is 0 Å². The van der Waals surface area contributed by atoms with E-state index in [1.807, 2.05) is 24.3 Å². The minimum absolute atomic E-state index is 0.284. The van der Waals surface area contributed by atoms with E-state index < -0.39 is 0 Å². The molecular weight excluding hydrogens is 186 g/mol. The summed E-state index contributed by atoms with van der Waals surface area (Å²) in [5.74, 6) is 3.48. The van der Waals surface area contributed by atoms with Crippen LogP contribution < -0.4 is 10.1 Å². The molecule has 2 rings (SSSR count). The molecule has 1 heterocycles. The smallest absolute Gasteiger partial charge is 0.121 e. The van der Waals surface area contributed by atoms with Gasteiger partial charge < -0.3 is 10.1 Å². The van der Waals surface area contributed by atoms with Crippen molar-refractivity contribution in [1.82, 2.24) is 5.32 Å². The first-order chi connectivity index (χ1) is 7.38. The third kappa shape index (κ3) is 2.74. The van der Waals surface area contributed by atoms with E-state index in [1.165, 1.54) is 6.42 Å². The molecule has 1 saturated heterocycles. The lowest BCUT2D eigenvalue weighted by Crippen LogP contribution is -2.37. The van der Waals surface area contributed by atoms with E-state index in [2.05, 4.69) is 11.2 Å². The number of terminal acetylenes is 1. The largest absolute Gasteiger partial charge is 0.489 e. The van der Waals surface area contributed by atoms with Crippen LogP contribution >= 0.6 is 0 Å². The van der Waals surface area contributed by atoms with E-state index in [-0.39, 0.29) is 6.10 Å². The van der Waals surface area contributed by atoms with Gasteiger partial charge in [0.1, 0.15) is 11.9 Å². The van der Waals surface area contributed by atoms with Crippen LogP contribution in [0.4, 0.5) is 0 Å². The number of piperidine rings is 1. The molecule has 0 radical (unpaired) electrons. The molecule has 1 aliphatic rings. The van der Waals surface area contributed by atoms with Crippen LogP contribution in [-0.4, -0.2) is 19.2 Å². The Bertz CT molecular complexity index is 361. The van der Waals surface area contributed by atoms with Gasteiger partial charge in [0.15, 0.2) is 0 Å². The molecule has 0 saturated carbocycles. The average Bonchev–Trinajstić information content (AvgIpc) is 2.31. The zero-order chi connectivity index (χ0) is 10.5. The molecule has 2 nitrogen and oxygen atoms in total. The Hall–Kier alpha value is -1.46. The topological polar surface area (TPSA) is 21.3 Å². The lowest BCUT2D eigenvalue weighted by Gasteiger charge is -2.23. The van der Waals surface area contributed by atoms with Crippen molar-refractivity contribution < 1.29 is 4.74 Å². The van der Waals surface area contributed by atoms with Crippen LogP contribution in [0.15, 0.2) is 24.3 Å². The van der Waals surface area contributed by atoms with E-state index in [4.69, 9.17) is 11.2 Å². The van der Waals surface area contributed by atoms with Gasteiger partial charge >= 0.3 is 0 Å². The molecule has 1 aliphatic heterocycles. The third-order valence-electron chi connectivity index (χ3n) is 2.56. The van der Waals surface area contributed by atoms with Crippen molar-refractivity contribution in [3.05, 3.63) is 29.8 Å². The van der Waals surface area contributed by atoms with Crippen molar-refractivity contribution >= 4 is 0 Å². The van der Waals surface area contributed by atoms with E-state index in [9.17, 15) is 0 Å². The van der Waals surface area contributed by atoms with Crippen LogP contribution in [0.1, 0.15) is 18.4 Å². The Balaban J connectivity index is 2.00. The van der Waals surface area contributed by atoms with Gasteiger partial charge in [0, 0.05) is 12.1 Å². The van der Waals surface area contributed by atoms with Crippen molar-refractivity contribution in [2.24, 2.45) is 0 Å². The van der Waals surface area contributed by atoms with Crippen LogP contribution in [0.3, 0.4) is 0 Å². The van der Waals surface area contributed by atoms with Gasteiger partial charge in [0.25, 0.3) is 0 Å². The van der Waals surface area contributed by atoms with E-state index in [0.717, 1.165) is 30.8 Å². The molecule has 1 aromatic carbocycles. The maximum atomic E-state index is 5.84. The Morgan fingerprint density at radius 3 is 3.13 bits per heavy atom. The molecule has 1 atom stereocenters. The molecule has 2 heteroatoms. The molecule has 0 bridgehead atoms. The fourth-order valence-corrected chi connectivity index (χ4v) is 1.77. The Kier molecular flexibility index (Phi) is 3.26. The molecule has 1 unspecified atom stereocenters. The highest BCUT2D eigenvalue weighted by atomic mass is 16.5. The molecular formula is C13H15NO. The molecule has 1 aromatic rings. The summed E-state index contributed by atoms with van der Waals surface area (Å²) in [7, 11) is 0. The molecule has 78 valence electrons. The quantitative estimate of drug-likeness (QED) is 0.737. The third-order valence-corrected chi connectivity index (χ3v) is 2.56. The summed E-state index contributed by atoms with van der Waals surface area (Å²) in [5.41, 5.74) is 0.872. The SMILES string of the molecule is C#Cc1cccc(OC2CCCNC2)c1. The summed E-state index contributed by atoms with van der Waals surface area (Å²) in [6.45, 7) is 2.03. The average molecular weight is 201 g/mol. The second-order valence-corrected chi connectivity index (χ2v) is 3.76. The first-order valence-corrected chi connectivity index (χ1v) is 5.32. The van der Waals surface area contributed by atoms with Crippen molar-refractivity contribution in [3.8, 4) is 18.1 Å². The van der Waals surface area contributed by atoms with Crippen molar-refractivity contribution in [3.63, 3.8) is 0 Å². The zero-order valence-electron chi connectivity index (χ0n) is 8.70. The summed E-state index contributed by atoms with van der Waals surface area (Å²) >= 11 is 0. The molecule has 0 amide bonds. The van der Waals surface area contributed by atoms with Gasteiger partial charge in [-0.15, -0.1) is 6.42 Å². The van der Waals surface area contributed by atoms with E-state index in [1.54, 1.807) is 0 Å². The van der Waals surface area contributed by atoms with Crippen molar-refractivity contribution in [2.45, 2.75) is 18.9 Å². The highest BCUT2D eigenvalue weighted by Gasteiger charge is 2.13. The van der Waals surface area contributed by atoms with Crippen LogP contribution in [-0.2, 0) is 0 Å². The maximum absolute atomic E-state index is 5.84. The standard InChI is InChI=1S/C13H15NO/c1-2-11-5-3-6-12(9-11)15-13-7-4-8-14-10-13/h1,3,5-6,9,13-14H,4,7-8,10H2. The summed E-state index contributed by atoms with van der Waals surface area (Å²) in [6, 6.07) is 7.71. The Morgan fingerprint density at radius 1 is 1.47 bits per heavy atom. The van der Waals surface area contributed by atoms with Crippen LogP contribution in [0.2, 0.25) is 0 Å². The summed E-state index contributed by atoms with van der Waals surface area (Å²) in [5, 5.41) is 3.32. The number of benzene rings is 1. The highest BCUT2D eigenvalue weighted by Crippen LogP contribution is 2.16. The lowest BCUT2D eigenvalue weighted by molar-refractivity contribution is 0.167. The fraction of sp³-hybridized carbons (Fsp3) is 0.385. The zero-order valence-corrected chi connectivity index (χ0v) is 8.70. The van der Waals surface area contributed by atoms with Crippen LogP contribution in [0.25, 0.3) is 0 Å². The van der Waals surface area contributed by atoms with Crippen LogP contribution in [0, 0.1) is 12.3 Å². The summed E-state index contributed by atoms with van der Waals surface area (Å²) < 4.78 is 5.84. The molecule has 0 aromatic heterocycles. The lowest BCUT2D eigenvalue weighted by atomic mass is 10.1. The minimum Gasteiger partial charge on any atom is -0.489 e.